The molecule has 0 aliphatic rings. The Labute approximate surface area is 96.4 Å². The summed E-state index contributed by atoms with van der Waals surface area (Å²) in [5, 5.41) is 28.4. The Bertz CT molecular complexity index is 337. The highest BCUT2D eigenvalue weighted by molar-refractivity contribution is 5.39. The summed E-state index contributed by atoms with van der Waals surface area (Å²) in [4.78, 5) is 0. The van der Waals surface area contributed by atoms with Gasteiger partial charge in [-0.15, -0.1) is 0 Å². The monoisotopic (exact) mass is 224 g/mol. The highest BCUT2D eigenvalue weighted by Crippen LogP contribution is 2.26. The lowest BCUT2D eigenvalue weighted by Gasteiger charge is -2.21. The Hall–Kier alpha value is -0.900. The van der Waals surface area contributed by atoms with Gasteiger partial charge in [0.1, 0.15) is 6.10 Å². The first-order chi connectivity index (χ1) is 7.47. The largest absolute Gasteiger partial charge is 0.396 e. The van der Waals surface area contributed by atoms with Crippen LogP contribution in [0.25, 0.3) is 0 Å². The molecule has 16 heavy (non-hydrogen) atoms. The van der Waals surface area contributed by atoms with Crippen LogP contribution in [-0.2, 0) is 0 Å². The van der Waals surface area contributed by atoms with Gasteiger partial charge in [0.25, 0.3) is 0 Å². The molecular formula is C13H20O3. The Kier molecular flexibility index (Phi) is 4.47. The molecule has 0 radical (unpaired) electrons. The van der Waals surface area contributed by atoms with E-state index in [0.717, 1.165) is 22.3 Å². The Morgan fingerprint density at radius 2 is 1.56 bits per heavy atom. The van der Waals surface area contributed by atoms with E-state index in [1.54, 1.807) is 0 Å². The van der Waals surface area contributed by atoms with Gasteiger partial charge in [0, 0.05) is 6.61 Å². The lowest BCUT2D eigenvalue weighted by molar-refractivity contribution is 0.00354. The van der Waals surface area contributed by atoms with Crippen LogP contribution in [0, 0.1) is 20.8 Å². The number of benzene rings is 1. The van der Waals surface area contributed by atoms with Crippen molar-refractivity contribution in [2.75, 3.05) is 6.61 Å². The second-order valence-corrected chi connectivity index (χ2v) is 4.34. The molecule has 90 valence electrons. The van der Waals surface area contributed by atoms with Crippen molar-refractivity contribution in [2.24, 2.45) is 0 Å². The number of hydrogen-bond donors (Lipinski definition) is 3. The predicted molar refractivity (Wildman–Crippen MR) is 63.3 cm³/mol. The van der Waals surface area contributed by atoms with Crippen molar-refractivity contribution in [1.29, 1.82) is 0 Å². The molecule has 0 amide bonds. The van der Waals surface area contributed by atoms with Gasteiger partial charge >= 0.3 is 0 Å². The van der Waals surface area contributed by atoms with Crippen LogP contribution in [0.4, 0.5) is 0 Å². The normalized spacial score (nSPS) is 14.9. The van der Waals surface area contributed by atoms with Gasteiger partial charge in [-0.05, 0) is 43.9 Å². The molecule has 0 aliphatic carbocycles. The van der Waals surface area contributed by atoms with Crippen LogP contribution < -0.4 is 0 Å². The third-order valence-electron chi connectivity index (χ3n) is 2.82. The fourth-order valence-corrected chi connectivity index (χ4v) is 2.14. The second kappa shape index (κ2) is 5.43. The zero-order chi connectivity index (χ0) is 12.3. The van der Waals surface area contributed by atoms with E-state index in [4.69, 9.17) is 5.11 Å². The average Bonchev–Trinajstić information content (AvgIpc) is 2.16. The molecule has 1 aromatic rings. The molecule has 0 fully saturated rings. The van der Waals surface area contributed by atoms with Gasteiger partial charge in [-0.1, -0.05) is 17.7 Å². The molecule has 0 saturated heterocycles. The molecule has 0 aromatic heterocycles. The number of aliphatic hydroxyl groups excluding tert-OH is 3. The van der Waals surface area contributed by atoms with Crippen LogP contribution in [-0.4, -0.2) is 28.0 Å². The van der Waals surface area contributed by atoms with Gasteiger partial charge in [0.2, 0.25) is 0 Å². The van der Waals surface area contributed by atoms with Crippen molar-refractivity contribution in [3.8, 4) is 0 Å². The molecule has 0 bridgehead atoms. The molecule has 3 N–H and O–H groups in total. The minimum atomic E-state index is -0.923. The third-order valence-corrected chi connectivity index (χ3v) is 2.82. The summed E-state index contributed by atoms with van der Waals surface area (Å²) in [6, 6.07) is 3.97. The van der Waals surface area contributed by atoms with Crippen LogP contribution in [0.1, 0.15) is 34.8 Å². The van der Waals surface area contributed by atoms with E-state index in [-0.39, 0.29) is 13.0 Å². The van der Waals surface area contributed by atoms with E-state index in [1.165, 1.54) is 0 Å². The van der Waals surface area contributed by atoms with Gasteiger partial charge in [-0.25, -0.2) is 0 Å². The number of aliphatic hydroxyl groups is 3. The Balaban J connectivity index is 3.03. The molecule has 2 unspecified atom stereocenters. The van der Waals surface area contributed by atoms with E-state index in [2.05, 4.69) is 0 Å². The minimum Gasteiger partial charge on any atom is -0.396 e. The van der Waals surface area contributed by atoms with E-state index in [0.29, 0.717) is 0 Å². The van der Waals surface area contributed by atoms with Crippen LogP contribution >= 0.6 is 0 Å². The summed E-state index contributed by atoms with van der Waals surface area (Å²) in [7, 11) is 0. The van der Waals surface area contributed by atoms with E-state index in [9.17, 15) is 10.2 Å². The van der Waals surface area contributed by atoms with Crippen LogP contribution in [0.3, 0.4) is 0 Å². The number of rotatable bonds is 4. The highest BCUT2D eigenvalue weighted by Gasteiger charge is 2.21. The molecule has 3 nitrogen and oxygen atoms in total. The fourth-order valence-electron chi connectivity index (χ4n) is 2.14. The highest BCUT2D eigenvalue weighted by atomic mass is 16.3. The number of hydrogen-bond acceptors (Lipinski definition) is 3. The minimum absolute atomic E-state index is 0.123. The lowest BCUT2D eigenvalue weighted by Crippen LogP contribution is -2.21. The summed E-state index contributed by atoms with van der Waals surface area (Å²) >= 11 is 0. The molecule has 0 saturated carbocycles. The second-order valence-electron chi connectivity index (χ2n) is 4.34. The van der Waals surface area contributed by atoms with Crippen molar-refractivity contribution >= 4 is 0 Å². The van der Waals surface area contributed by atoms with Gasteiger partial charge < -0.3 is 15.3 Å². The smallest absolute Gasteiger partial charge is 0.105 e. The Morgan fingerprint density at radius 1 is 1.06 bits per heavy atom. The summed E-state index contributed by atoms with van der Waals surface area (Å²) in [6.45, 7) is 5.72. The topological polar surface area (TPSA) is 60.7 Å². The molecule has 2 atom stereocenters. The summed E-state index contributed by atoms with van der Waals surface area (Å²) in [6.07, 6.45) is -1.65. The molecule has 3 heteroatoms. The van der Waals surface area contributed by atoms with Crippen molar-refractivity contribution < 1.29 is 15.3 Å². The molecule has 0 heterocycles. The van der Waals surface area contributed by atoms with E-state index >= 15 is 0 Å². The Morgan fingerprint density at radius 3 is 2.00 bits per heavy atom. The molecule has 1 rings (SSSR count). The van der Waals surface area contributed by atoms with Gasteiger partial charge in [0.05, 0.1) is 6.10 Å². The van der Waals surface area contributed by atoms with Crippen molar-refractivity contribution in [2.45, 2.75) is 39.4 Å². The standard InChI is InChI=1S/C13H20O3/c1-8-6-9(2)12(10(3)7-8)13(16)11(15)4-5-14/h6-7,11,13-16H,4-5H2,1-3H3. The summed E-state index contributed by atoms with van der Waals surface area (Å²) in [5.74, 6) is 0. The van der Waals surface area contributed by atoms with Crippen molar-refractivity contribution in [1.82, 2.24) is 0 Å². The first-order valence-electron chi connectivity index (χ1n) is 5.52. The van der Waals surface area contributed by atoms with Crippen molar-refractivity contribution in [3.63, 3.8) is 0 Å². The molecular weight excluding hydrogens is 204 g/mol. The van der Waals surface area contributed by atoms with E-state index in [1.807, 2.05) is 32.9 Å². The molecule has 0 aliphatic heterocycles. The maximum atomic E-state index is 10.0. The fraction of sp³-hybridized carbons (Fsp3) is 0.538. The van der Waals surface area contributed by atoms with Crippen LogP contribution in [0.15, 0.2) is 12.1 Å². The first kappa shape index (κ1) is 13.2. The molecule has 1 aromatic carbocycles. The van der Waals surface area contributed by atoms with E-state index < -0.39 is 12.2 Å². The van der Waals surface area contributed by atoms with Gasteiger partial charge in [-0.2, -0.15) is 0 Å². The predicted octanol–water partition coefficient (Wildman–Crippen LogP) is 1.39. The summed E-state index contributed by atoms with van der Waals surface area (Å²) < 4.78 is 0. The van der Waals surface area contributed by atoms with Crippen LogP contribution in [0.5, 0.6) is 0 Å². The van der Waals surface area contributed by atoms with Crippen LogP contribution in [0.2, 0.25) is 0 Å². The SMILES string of the molecule is Cc1cc(C)c(C(O)C(O)CCO)c(C)c1. The van der Waals surface area contributed by atoms with Gasteiger partial charge in [0.15, 0.2) is 0 Å². The maximum absolute atomic E-state index is 10.0. The number of aryl methyl sites for hydroxylation is 3. The third kappa shape index (κ3) is 2.82. The summed E-state index contributed by atoms with van der Waals surface area (Å²) in [5.41, 5.74) is 3.86. The zero-order valence-corrected chi connectivity index (χ0v) is 10.1. The van der Waals surface area contributed by atoms with Crippen molar-refractivity contribution in [3.05, 3.63) is 34.4 Å². The average molecular weight is 224 g/mol. The van der Waals surface area contributed by atoms with Gasteiger partial charge in [-0.3, -0.25) is 0 Å². The zero-order valence-electron chi connectivity index (χ0n) is 10.1. The maximum Gasteiger partial charge on any atom is 0.105 e. The lowest BCUT2D eigenvalue weighted by atomic mass is 9.92. The molecule has 0 spiro atoms. The quantitative estimate of drug-likeness (QED) is 0.724. The first-order valence-corrected chi connectivity index (χ1v) is 5.52.